The maximum atomic E-state index is 14.0. The van der Waals surface area contributed by atoms with Crippen LogP contribution in [0.4, 0.5) is 0 Å². The van der Waals surface area contributed by atoms with Gasteiger partial charge in [0, 0.05) is 27.7 Å². The average molecular weight is 925 g/mol. The molecule has 0 radical (unpaired) electrons. The van der Waals surface area contributed by atoms with E-state index in [4.69, 9.17) is 61.6 Å². The molecule has 0 spiro atoms. The summed E-state index contributed by atoms with van der Waals surface area (Å²) >= 11 is 0. The van der Waals surface area contributed by atoms with Gasteiger partial charge in [-0.1, -0.05) is 91.0 Å². The summed E-state index contributed by atoms with van der Waals surface area (Å²) in [7, 11) is 2.04. The molecular formula is C47H56O19. The summed E-state index contributed by atoms with van der Waals surface area (Å²) in [5, 5.41) is 0. The molecule has 19 nitrogen and oxygen atoms in total. The van der Waals surface area contributed by atoms with Crippen LogP contribution in [0.15, 0.2) is 91.0 Å². The largest absolute Gasteiger partial charge is 0.467 e. The summed E-state index contributed by atoms with van der Waals surface area (Å²) in [5.41, 5.74) is 2.47. The fourth-order valence-electron chi connectivity index (χ4n) is 7.30. The van der Waals surface area contributed by atoms with Gasteiger partial charge in [0.1, 0.15) is 31.0 Å². The predicted molar refractivity (Wildman–Crippen MR) is 225 cm³/mol. The van der Waals surface area contributed by atoms with Crippen molar-refractivity contribution in [2.24, 2.45) is 0 Å². The van der Waals surface area contributed by atoms with Crippen LogP contribution >= 0.6 is 0 Å². The number of ether oxygens (including phenoxy) is 13. The first-order valence-electron chi connectivity index (χ1n) is 21.1. The zero-order valence-corrected chi connectivity index (χ0v) is 37.7. The van der Waals surface area contributed by atoms with Gasteiger partial charge in [0.05, 0.1) is 40.1 Å². The van der Waals surface area contributed by atoms with Crippen LogP contribution in [0.25, 0.3) is 0 Å². The Morgan fingerprint density at radius 1 is 0.485 bits per heavy atom. The zero-order chi connectivity index (χ0) is 47.8. The second-order valence-corrected chi connectivity index (χ2v) is 15.2. The van der Waals surface area contributed by atoms with E-state index < -0.39 is 116 Å². The first-order chi connectivity index (χ1) is 31.7. The summed E-state index contributed by atoms with van der Waals surface area (Å²) in [6.07, 6.45) is -17.9. The maximum Gasteiger partial charge on any atom is 0.338 e. The van der Waals surface area contributed by atoms with Crippen LogP contribution in [-0.2, 0) is 110 Å². The van der Waals surface area contributed by atoms with Crippen molar-refractivity contribution in [3.8, 4) is 0 Å². The molecule has 0 saturated carbocycles. The molecule has 12 atom stereocenters. The van der Waals surface area contributed by atoms with E-state index in [1.807, 2.05) is 91.0 Å². The molecule has 0 aromatic heterocycles. The van der Waals surface area contributed by atoms with Gasteiger partial charge < -0.3 is 61.6 Å². The van der Waals surface area contributed by atoms with Crippen LogP contribution in [0, 0.1) is 0 Å². The SMILES string of the molecule is COC(=O)[C@H](OC1O[C@H](COC(C)=O)[C@H](OC(C)=O)[C@H](OC(C)=O)[C@H]1OC(C)=O)[C@@H](O[C@@H]1O[C@@H](C)[C@@H](OCc2ccccc2)[C@@H](OCc2ccccc2)[C@@H]1OCc1ccccc1)C(=O)OC. The minimum absolute atomic E-state index is 0.00424. The lowest BCUT2D eigenvalue weighted by atomic mass is 9.97. The Kier molecular flexibility index (Phi) is 19.5. The van der Waals surface area contributed by atoms with Crippen LogP contribution in [0.3, 0.4) is 0 Å². The molecule has 2 aliphatic rings. The third-order valence-electron chi connectivity index (χ3n) is 10.2. The smallest absolute Gasteiger partial charge is 0.338 e. The van der Waals surface area contributed by atoms with Gasteiger partial charge in [-0.25, -0.2) is 9.59 Å². The number of methoxy groups -OCH3 is 2. The summed E-state index contributed by atoms with van der Waals surface area (Å²) in [4.78, 5) is 77.3. The number of benzene rings is 3. The number of esters is 6. The molecular weight excluding hydrogens is 868 g/mol. The monoisotopic (exact) mass is 924 g/mol. The highest BCUT2D eigenvalue weighted by molar-refractivity contribution is 5.85. The number of hydrogen-bond acceptors (Lipinski definition) is 19. The lowest BCUT2D eigenvalue weighted by Crippen LogP contribution is -2.65. The van der Waals surface area contributed by atoms with Crippen molar-refractivity contribution in [1.29, 1.82) is 0 Å². The van der Waals surface area contributed by atoms with E-state index in [0.29, 0.717) is 0 Å². The van der Waals surface area contributed by atoms with Crippen molar-refractivity contribution in [3.05, 3.63) is 108 Å². The third-order valence-corrected chi connectivity index (χ3v) is 10.2. The quantitative estimate of drug-likeness (QED) is 0.110. The highest BCUT2D eigenvalue weighted by Gasteiger charge is 2.56. The van der Waals surface area contributed by atoms with Gasteiger partial charge in [-0.2, -0.15) is 0 Å². The van der Waals surface area contributed by atoms with Crippen molar-refractivity contribution in [1.82, 2.24) is 0 Å². The van der Waals surface area contributed by atoms with Crippen molar-refractivity contribution in [2.45, 2.75) is 128 Å². The highest BCUT2D eigenvalue weighted by atomic mass is 16.8. The fourth-order valence-corrected chi connectivity index (χ4v) is 7.30. The van der Waals surface area contributed by atoms with Crippen LogP contribution in [-0.4, -0.2) is 130 Å². The molecule has 3 aromatic rings. The minimum Gasteiger partial charge on any atom is -0.467 e. The molecule has 358 valence electrons. The number of carbonyl (C=O) groups excluding carboxylic acids is 6. The first kappa shape index (κ1) is 51.2. The lowest BCUT2D eigenvalue weighted by Gasteiger charge is -2.46. The molecule has 3 aromatic carbocycles. The highest BCUT2D eigenvalue weighted by Crippen LogP contribution is 2.35. The Bertz CT molecular complexity index is 2030. The van der Waals surface area contributed by atoms with Crippen LogP contribution in [0.5, 0.6) is 0 Å². The molecule has 2 heterocycles. The first-order valence-corrected chi connectivity index (χ1v) is 21.1. The Hall–Kier alpha value is -5.80. The Morgan fingerprint density at radius 2 is 0.879 bits per heavy atom. The molecule has 0 aliphatic carbocycles. The van der Waals surface area contributed by atoms with E-state index in [9.17, 15) is 28.8 Å². The van der Waals surface area contributed by atoms with Gasteiger partial charge in [0.15, 0.2) is 43.1 Å². The van der Waals surface area contributed by atoms with Gasteiger partial charge >= 0.3 is 35.8 Å². The number of hydrogen-bond donors (Lipinski definition) is 0. The van der Waals surface area contributed by atoms with Crippen molar-refractivity contribution in [2.75, 3.05) is 20.8 Å². The maximum absolute atomic E-state index is 14.0. The van der Waals surface area contributed by atoms with E-state index >= 15 is 0 Å². The van der Waals surface area contributed by atoms with Crippen LogP contribution < -0.4 is 0 Å². The van der Waals surface area contributed by atoms with E-state index in [1.54, 1.807) is 6.92 Å². The second kappa shape index (κ2) is 25.2. The van der Waals surface area contributed by atoms with Crippen molar-refractivity contribution in [3.63, 3.8) is 0 Å². The van der Waals surface area contributed by atoms with Gasteiger partial charge in [-0.05, 0) is 23.6 Å². The average Bonchev–Trinajstić information content (AvgIpc) is 3.29. The van der Waals surface area contributed by atoms with E-state index in [0.717, 1.165) is 58.6 Å². The number of rotatable bonds is 21. The molecule has 19 heteroatoms. The summed E-state index contributed by atoms with van der Waals surface area (Å²) in [5.74, 6) is -5.88. The molecule has 0 N–H and O–H groups in total. The lowest BCUT2D eigenvalue weighted by molar-refractivity contribution is -0.345. The molecule has 1 unspecified atom stereocenters. The molecule has 2 fully saturated rings. The molecule has 2 aliphatic heterocycles. The Balaban J connectivity index is 1.56. The number of carbonyl (C=O) groups is 6. The van der Waals surface area contributed by atoms with Gasteiger partial charge in [-0.15, -0.1) is 0 Å². The summed E-state index contributed by atoms with van der Waals surface area (Å²) in [6, 6.07) is 28.0. The third kappa shape index (κ3) is 14.6. The van der Waals surface area contributed by atoms with Crippen molar-refractivity contribution >= 4 is 35.8 Å². The van der Waals surface area contributed by atoms with Gasteiger partial charge in [0.25, 0.3) is 0 Å². The van der Waals surface area contributed by atoms with Crippen LogP contribution in [0.1, 0.15) is 51.3 Å². The zero-order valence-electron chi connectivity index (χ0n) is 37.7. The molecule has 0 bridgehead atoms. The molecule has 0 amide bonds. The molecule has 5 rings (SSSR count). The van der Waals surface area contributed by atoms with E-state index in [2.05, 4.69) is 0 Å². The fraction of sp³-hybridized carbons (Fsp3) is 0.489. The predicted octanol–water partition coefficient (Wildman–Crippen LogP) is 3.69. The topological polar surface area (TPSA) is 222 Å². The minimum atomic E-state index is -2.13. The van der Waals surface area contributed by atoms with Crippen molar-refractivity contribution < 1.29 is 90.3 Å². The Morgan fingerprint density at radius 3 is 1.30 bits per heavy atom. The standard InChI is InChI=1S/C47H56O19/c1-27-36(57-23-32-17-11-8-12-18-32)38(58-24-33-19-13-9-14-20-33)42(59-25-34-21-15-10-16-22-34)46(60-27)65-40(44(52)54-6)41(45(53)55-7)66-47-43(63-31(5)51)39(62-30(4)50)37(61-29(3)49)35(64-47)26-56-28(2)48/h8-22,27,35-43,46-47H,23-26H2,1-7H3/t27-,35+,36+,37-,38+,39-,40+,41+,42-,43+,46-,47?/m0/s1. The molecule has 2 saturated heterocycles. The normalized spacial score (nSPS) is 25.9. The van der Waals surface area contributed by atoms with Crippen LogP contribution in [0.2, 0.25) is 0 Å². The van der Waals surface area contributed by atoms with E-state index in [-0.39, 0.29) is 19.8 Å². The van der Waals surface area contributed by atoms with Gasteiger partial charge in [0.2, 0.25) is 0 Å². The van der Waals surface area contributed by atoms with E-state index in [1.165, 1.54) is 0 Å². The van der Waals surface area contributed by atoms with Gasteiger partial charge in [-0.3, -0.25) is 19.2 Å². The summed E-state index contributed by atoms with van der Waals surface area (Å²) < 4.78 is 76.9. The second-order valence-electron chi connectivity index (χ2n) is 15.2. The molecule has 66 heavy (non-hydrogen) atoms. The summed E-state index contributed by atoms with van der Waals surface area (Å²) in [6.45, 7) is 5.60. The Labute approximate surface area is 382 Å².